The molecule has 0 aliphatic rings. The third-order valence-corrected chi connectivity index (χ3v) is 2.52. The first-order valence-corrected chi connectivity index (χ1v) is 6.22. The van der Waals surface area contributed by atoms with Crippen molar-refractivity contribution in [2.45, 2.75) is 13.8 Å². The Bertz CT molecular complexity index is 405. The predicted molar refractivity (Wildman–Crippen MR) is 77.7 cm³/mol. The van der Waals surface area contributed by atoms with Crippen LogP contribution in [0.2, 0.25) is 0 Å². The monoisotopic (exact) mass is 246 g/mol. The molecule has 0 aliphatic carbocycles. The van der Waals surface area contributed by atoms with Crippen LogP contribution in [0, 0.1) is 5.92 Å². The number of nitrogens with one attached hydrogen (secondary N) is 1. The van der Waals surface area contributed by atoms with Crippen LogP contribution >= 0.6 is 0 Å². The Balaban J connectivity index is 2.53. The number of nitrogens with zero attached hydrogens (tertiary/aromatic N) is 1. The minimum absolute atomic E-state index is 0.0413. The molecule has 98 valence electrons. The summed E-state index contributed by atoms with van der Waals surface area (Å²) in [5.74, 6) is 0.433. The molecule has 1 aromatic rings. The summed E-state index contributed by atoms with van der Waals surface area (Å²) in [7, 11) is 4.01. The van der Waals surface area contributed by atoms with E-state index in [-0.39, 0.29) is 5.91 Å². The molecule has 0 spiro atoms. The molecule has 0 aromatic heterocycles. The largest absolute Gasteiger partial charge is 0.378 e. The molecule has 1 N–H and O–H groups in total. The number of amides is 1. The molecule has 1 aromatic carbocycles. The van der Waals surface area contributed by atoms with E-state index in [1.165, 1.54) is 0 Å². The summed E-state index contributed by atoms with van der Waals surface area (Å²) in [4.78, 5) is 13.5. The topological polar surface area (TPSA) is 32.3 Å². The third-order valence-electron chi connectivity index (χ3n) is 2.52. The minimum atomic E-state index is -0.0413. The van der Waals surface area contributed by atoms with Crippen LogP contribution in [-0.4, -0.2) is 26.5 Å². The van der Waals surface area contributed by atoms with Gasteiger partial charge in [-0.2, -0.15) is 0 Å². The summed E-state index contributed by atoms with van der Waals surface area (Å²) in [5, 5.41) is 2.85. The van der Waals surface area contributed by atoms with Gasteiger partial charge in [-0.25, -0.2) is 0 Å². The Kier molecular flexibility index (Phi) is 5.43. The highest BCUT2D eigenvalue weighted by molar-refractivity contribution is 5.91. The molecule has 0 atom stereocenters. The molecule has 1 rings (SSSR count). The van der Waals surface area contributed by atoms with Crippen molar-refractivity contribution in [2.75, 3.05) is 25.5 Å². The molecule has 0 bridgehead atoms. The summed E-state index contributed by atoms with van der Waals surface area (Å²) in [5.41, 5.74) is 2.18. The van der Waals surface area contributed by atoms with Crippen LogP contribution in [0.5, 0.6) is 0 Å². The molecule has 0 saturated heterocycles. The molecule has 3 heteroatoms. The lowest BCUT2D eigenvalue weighted by atomic mass is 10.2. The van der Waals surface area contributed by atoms with Gasteiger partial charge < -0.3 is 10.2 Å². The fraction of sp³-hybridized carbons (Fsp3) is 0.400. The Morgan fingerprint density at radius 2 is 1.89 bits per heavy atom. The zero-order valence-corrected chi connectivity index (χ0v) is 11.6. The Morgan fingerprint density at radius 1 is 1.28 bits per heavy atom. The van der Waals surface area contributed by atoms with E-state index in [9.17, 15) is 4.79 Å². The predicted octanol–water partition coefficient (Wildman–Crippen LogP) is 2.54. The highest BCUT2D eigenvalue weighted by Gasteiger charge is 1.98. The van der Waals surface area contributed by atoms with E-state index in [2.05, 4.69) is 19.2 Å². The SMILES string of the molecule is CC(C)CNC(=O)C=Cc1ccc(N(C)C)cc1. The lowest BCUT2D eigenvalue weighted by Gasteiger charge is -2.11. The van der Waals surface area contributed by atoms with Gasteiger partial charge >= 0.3 is 0 Å². The van der Waals surface area contributed by atoms with Crippen LogP contribution in [0.15, 0.2) is 30.3 Å². The Hall–Kier alpha value is -1.77. The van der Waals surface area contributed by atoms with Crippen molar-refractivity contribution in [1.29, 1.82) is 0 Å². The second kappa shape index (κ2) is 6.84. The summed E-state index contributed by atoms with van der Waals surface area (Å²) < 4.78 is 0. The van der Waals surface area contributed by atoms with Crippen LogP contribution < -0.4 is 10.2 Å². The summed E-state index contributed by atoms with van der Waals surface area (Å²) in [6, 6.07) is 8.07. The van der Waals surface area contributed by atoms with E-state index >= 15 is 0 Å². The summed E-state index contributed by atoms with van der Waals surface area (Å²) in [6.07, 6.45) is 3.40. The van der Waals surface area contributed by atoms with E-state index in [0.717, 1.165) is 11.3 Å². The van der Waals surface area contributed by atoms with Gasteiger partial charge in [0, 0.05) is 32.4 Å². The minimum Gasteiger partial charge on any atom is -0.378 e. The van der Waals surface area contributed by atoms with Gasteiger partial charge in [-0.05, 0) is 29.7 Å². The van der Waals surface area contributed by atoms with Gasteiger partial charge in [-0.1, -0.05) is 26.0 Å². The maximum atomic E-state index is 11.5. The van der Waals surface area contributed by atoms with Crippen LogP contribution in [-0.2, 0) is 4.79 Å². The third kappa shape index (κ3) is 5.04. The fourth-order valence-corrected chi connectivity index (χ4v) is 1.42. The van der Waals surface area contributed by atoms with Crippen LogP contribution in [0.3, 0.4) is 0 Å². The molecule has 18 heavy (non-hydrogen) atoms. The van der Waals surface area contributed by atoms with Crippen molar-refractivity contribution in [3.05, 3.63) is 35.9 Å². The summed E-state index contributed by atoms with van der Waals surface area (Å²) in [6.45, 7) is 4.86. The fourth-order valence-electron chi connectivity index (χ4n) is 1.42. The Morgan fingerprint density at radius 3 is 2.39 bits per heavy atom. The van der Waals surface area contributed by atoms with Crippen molar-refractivity contribution in [3.8, 4) is 0 Å². The van der Waals surface area contributed by atoms with Crippen molar-refractivity contribution < 1.29 is 4.79 Å². The van der Waals surface area contributed by atoms with Gasteiger partial charge in [-0.15, -0.1) is 0 Å². The second-order valence-electron chi connectivity index (χ2n) is 4.96. The van der Waals surface area contributed by atoms with Gasteiger partial charge in [0.15, 0.2) is 0 Å². The average Bonchev–Trinajstić information content (AvgIpc) is 2.34. The van der Waals surface area contributed by atoms with Crippen molar-refractivity contribution in [3.63, 3.8) is 0 Å². The molecule has 0 aliphatic heterocycles. The standard InChI is InChI=1S/C15H22N2O/c1-12(2)11-16-15(18)10-7-13-5-8-14(9-6-13)17(3)4/h5-10,12H,11H2,1-4H3,(H,16,18). The summed E-state index contributed by atoms with van der Waals surface area (Å²) >= 11 is 0. The lowest BCUT2D eigenvalue weighted by molar-refractivity contribution is -0.116. The van der Waals surface area contributed by atoms with Gasteiger partial charge in [0.1, 0.15) is 0 Å². The van der Waals surface area contributed by atoms with Crippen molar-refractivity contribution in [2.24, 2.45) is 5.92 Å². The molecule has 1 amide bonds. The van der Waals surface area contributed by atoms with Crippen LogP contribution in [0.4, 0.5) is 5.69 Å². The number of carbonyl (C=O) groups is 1. The maximum Gasteiger partial charge on any atom is 0.244 e. The van der Waals surface area contributed by atoms with Gasteiger partial charge in [-0.3, -0.25) is 4.79 Å². The quantitative estimate of drug-likeness (QED) is 0.810. The average molecular weight is 246 g/mol. The second-order valence-corrected chi connectivity index (χ2v) is 4.96. The number of rotatable bonds is 5. The van der Waals surface area contributed by atoms with Crippen LogP contribution in [0.1, 0.15) is 19.4 Å². The van der Waals surface area contributed by atoms with Crippen molar-refractivity contribution in [1.82, 2.24) is 5.32 Å². The number of hydrogen-bond donors (Lipinski definition) is 1. The Labute approximate surface area is 109 Å². The molecule has 0 unspecified atom stereocenters. The van der Waals surface area contributed by atoms with E-state index in [4.69, 9.17) is 0 Å². The molecule has 0 heterocycles. The molecule has 3 nitrogen and oxygen atoms in total. The highest BCUT2D eigenvalue weighted by atomic mass is 16.1. The first-order chi connectivity index (χ1) is 8.49. The number of anilines is 1. The molecule has 0 radical (unpaired) electrons. The first-order valence-electron chi connectivity index (χ1n) is 6.22. The number of benzene rings is 1. The zero-order valence-electron chi connectivity index (χ0n) is 11.6. The normalized spacial score (nSPS) is 10.9. The molecule has 0 fully saturated rings. The van der Waals surface area contributed by atoms with E-state index in [1.54, 1.807) is 6.08 Å². The number of hydrogen-bond acceptors (Lipinski definition) is 2. The van der Waals surface area contributed by atoms with Gasteiger partial charge in [0.05, 0.1) is 0 Å². The molecule has 0 saturated carbocycles. The maximum absolute atomic E-state index is 11.5. The van der Waals surface area contributed by atoms with E-state index in [1.807, 2.05) is 49.3 Å². The zero-order chi connectivity index (χ0) is 13.5. The van der Waals surface area contributed by atoms with E-state index in [0.29, 0.717) is 12.5 Å². The van der Waals surface area contributed by atoms with Gasteiger partial charge in [0.25, 0.3) is 0 Å². The molecular formula is C15H22N2O. The number of carbonyl (C=O) groups excluding carboxylic acids is 1. The van der Waals surface area contributed by atoms with Crippen LogP contribution in [0.25, 0.3) is 6.08 Å². The first kappa shape index (κ1) is 14.3. The highest BCUT2D eigenvalue weighted by Crippen LogP contribution is 2.12. The smallest absolute Gasteiger partial charge is 0.244 e. The van der Waals surface area contributed by atoms with Gasteiger partial charge in [0.2, 0.25) is 5.91 Å². The van der Waals surface area contributed by atoms with Crippen molar-refractivity contribution >= 4 is 17.7 Å². The molecular weight excluding hydrogens is 224 g/mol. The lowest BCUT2D eigenvalue weighted by Crippen LogP contribution is -2.25. The van der Waals surface area contributed by atoms with E-state index < -0.39 is 0 Å².